The summed E-state index contributed by atoms with van der Waals surface area (Å²) in [6.45, 7) is 6.15. The Morgan fingerprint density at radius 3 is 2.47 bits per heavy atom. The Labute approximate surface area is 96.8 Å². The van der Waals surface area contributed by atoms with E-state index in [1.165, 1.54) is 0 Å². The molecule has 4 heteroatoms. The Hall–Kier alpha value is -0.220. The van der Waals surface area contributed by atoms with Crippen LogP contribution < -0.4 is 10.6 Å². The molecule has 0 saturated carbocycles. The molecule has 0 bridgehead atoms. The topological polar surface area (TPSA) is 41.1 Å². The van der Waals surface area contributed by atoms with Crippen molar-refractivity contribution in [2.45, 2.75) is 43.9 Å². The SMILES string of the molecule is CCC(CC)(CNC(=O)[C@H]1CCN1)SC. The van der Waals surface area contributed by atoms with Crippen molar-refractivity contribution in [2.75, 3.05) is 19.3 Å². The largest absolute Gasteiger partial charge is 0.353 e. The van der Waals surface area contributed by atoms with Crippen LogP contribution in [0, 0.1) is 0 Å². The van der Waals surface area contributed by atoms with Gasteiger partial charge in [-0.25, -0.2) is 0 Å². The highest BCUT2D eigenvalue weighted by atomic mass is 32.2. The van der Waals surface area contributed by atoms with E-state index in [1.54, 1.807) is 0 Å². The fourth-order valence-corrected chi connectivity index (χ4v) is 2.54. The smallest absolute Gasteiger partial charge is 0.237 e. The monoisotopic (exact) mass is 230 g/mol. The van der Waals surface area contributed by atoms with Gasteiger partial charge >= 0.3 is 0 Å². The van der Waals surface area contributed by atoms with E-state index in [0.29, 0.717) is 0 Å². The molecule has 1 fully saturated rings. The van der Waals surface area contributed by atoms with E-state index in [-0.39, 0.29) is 16.7 Å². The van der Waals surface area contributed by atoms with Crippen LogP contribution in [0.2, 0.25) is 0 Å². The van der Waals surface area contributed by atoms with Crippen molar-refractivity contribution in [3.8, 4) is 0 Å². The van der Waals surface area contributed by atoms with Crippen molar-refractivity contribution in [1.82, 2.24) is 10.6 Å². The van der Waals surface area contributed by atoms with Crippen molar-refractivity contribution in [3.05, 3.63) is 0 Å². The predicted molar refractivity (Wildman–Crippen MR) is 66.2 cm³/mol. The zero-order valence-electron chi connectivity index (χ0n) is 9.93. The first kappa shape index (κ1) is 12.8. The fourth-order valence-electron chi connectivity index (χ4n) is 1.74. The summed E-state index contributed by atoms with van der Waals surface area (Å²) in [5.74, 6) is 0.168. The fraction of sp³-hybridized carbons (Fsp3) is 0.909. The number of carbonyl (C=O) groups is 1. The standard InChI is InChI=1S/C11H22N2OS/c1-4-11(5-2,15-3)8-13-10(14)9-6-7-12-9/h9,12H,4-8H2,1-3H3,(H,13,14)/t9-/m1/s1. The Morgan fingerprint density at radius 2 is 2.13 bits per heavy atom. The minimum Gasteiger partial charge on any atom is -0.353 e. The van der Waals surface area contributed by atoms with Crippen LogP contribution in [0.15, 0.2) is 0 Å². The van der Waals surface area contributed by atoms with Crippen LogP contribution in [0.4, 0.5) is 0 Å². The molecule has 1 amide bonds. The summed E-state index contributed by atoms with van der Waals surface area (Å²) >= 11 is 1.86. The van der Waals surface area contributed by atoms with Crippen LogP contribution in [-0.2, 0) is 4.79 Å². The molecule has 1 aliphatic rings. The van der Waals surface area contributed by atoms with E-state index in [1.807, 2.05) is 11.8 Å². The Kier molecular flexibility index (Phi) is 4.93. The molecular formula is C11H22N2OS. The third-order valence-corrected chi connectivity index (χ3v) is 5.03. The molecule has 0 aromatic carbocycles. The van der Waals surface area contributed by atoms with Crippen molar-refractivity contribution in [1.29, 1.82) is 0 Å². The van der Waals surface area contributed by atoms with Gasteiger partial charge in [0.15, 0.2) is 0 Å². The summed E-state index contributed by atoms with van der Waals surface area (Å²) in [7, 11) is 0. The molecule has 2 N–H and O–H groups in total. The summed E-state index contributed by atoms with van der Waals surface area (Å²) in [6, 6.07) is 0.0678. The number of carbonyl (C=O) groups excluding carboxylic acids is 1. The van der Waals surface area contributed by atoms with Gasteiger partial charge in [0, 0.05) is 11.3 Å². The zero-order chi connectivity index (χ0) is 11.3. The summed E-state index contributed by atoms with van der Waals surface area (Å²) < 4.78 is 0.222. The van der Waals surface area contributed by atoms with Crippen LogP contribution in [0.25, 0.3) is 0 Å². The van der Waals surface area contributed by atoms with Gasteiger partial charge in [0.2, 0.25) is 5.91 Å². The number of hydrogen-bond donors (Lipinski definition) is 2. The summed E-state index contributed by atoms with van der Waals surface area (Å²) in [5, 5.41) is 6.17. The molecule has 1 saturated heterocycles. The summed E-state index contributed by atoms with van der Waals surface area (Å²) in [5.41, 5.74) is 0. The molecule has 0 spiro atoms. The maximum absolute atomic E-state index is 11.6. The second-order valence-corrected chi connectivity index (χ2v) is 5.38. The quantitative estimate of drug-likeness (QED) is 0.724. The van der Waals surface area contributed by atoms with Gasteiger partial charge in [0.1, 0.15) is 0 Å². The molecule has 0 aromatic rings. The lowest BCUT2D eigenvalue weighted by atomic mass is 10.0. The van der Waals surface area contributed by atoms with Gasteiger partial charge in [-0.1, -0.05) is 13.8 Å². The Bertz CT molecular complexity index is 204. The number of amides is 1. The van der Waals surface area contributed by atoms with Crippen molar-refractivity contribution in [2.24, 2.45) is 0 Å². The number of nitrogens with one attached hydrogen (secondary N) is 2. The van der Waals surface area contributed by atoms with Gasteiger partial charge in [0.25, 0.3) is 0 Å². The second-order valence-electron chi connectivity index (χ2n) is 4.11. The van der Waals surface area contributed by atoms with Crippen LogP contribution in [0.5, 0.6) is 0 Å². The molecule has 0 aromatic heterocycles. The van der Waals surface area contributed by atoms with Gasteiger partial charge in [-0.05, 0) is 32.1 Å². The van der Waals surface area contributed by atoms with Crippen LogP contribution in [-0.4, -0.2) is 36.0 Å². The first-order valence-electron chi connectivity index (χ1n) is 5.73. The van der Waals surface area contributed by atoms with E-state index >= 15 is 0 Å². The van der Waals surface area contributed by atoms with Gasteiger partial charge in [-0.2, -0.15) is 11.8 Å². The van der Waals surface area contributed by atoms with Crippen molar-refractivity contribution < 1.29 is 4.79 Å². The molecule has 0 radical (unpaired) electrons. The lowest BCUT2D eigenvalue weighted by molar-refractivity contribution is -0.124. The lowest BCUT2D eigenvalue weighted by Gasteiger charge is -2.32. The zero-order valence-corrected chi connectivity index (χ0v) is 10.7. The molecule has 15 heavy (non-hydrogen) atoms. The average molecular weight is 230 g/mol. The number of thioether (sulfide) groups is 1. The minimum atomic E-state index is 0.0678. The molecule has 1 heterocycles. The van der Waals surface area contributed by atoms with Gasteiger partial charge in [-0.15, -0.1) is 0 Å². The number of rotatable bonds is 6. The highest BCUT2D eigenvalue weighted by Gasteiger charge is 2.29. The van der Waals surface area contributed by atoms with E-state index < -0.39 is 0 Å². The van der Waals surface area contributed by atoms with Crippen LogP contribution in [0.3, 0.4) is 0 Å². The minimum absolute atomic E-state index is 0.0678. The van der Waals surface area contributed by atoms with Gasteiger partial charge < -0.3 is 10.6 Å². The summed E-state index contributed by atoms with van der Waals surface area (Å²) in [4.78, 5) is 11.6. The number of hydrogen-bond acceptors (Lipinski definition) is 3. The van der Waals surface area contributed by atoms with Gasteiger partial charge in [-0.3, -0.25) is 4.79 Å². The Balaban J connectivity index is 2.35. The van der Waals surface area contributed by atoms with E-state index in [2.05, 4.69) is 30.7 Å². The van der Waals surface area contributed by atoms with E-state index in [4.69, 9.17) is 0 Å². The molecule has 0 aliphatic carbocycles. The highest BCUT2D eigenvalue weighted by Crippen LogP contribution is 2.29. The average Bonchev–Trinajstić information content (AvgIpc) is 2.18. The molecule has 3 nitrogen and oxygen atoms in total. The van der Waals surface area contributed by atoms with Crippen molar-refractivity contribution in [3.63, 3.8) is 0 Å². The molecule has 1 atom stereocenters. The van der Waals surface area contributed by atoms with E-state index in [0.717, 1.165) is 32.4 Å². The first-order valence-corrected chi connectivity index (χ1v) is 6.96. The molecule has 0 unspecified atom stereocenters. The lowest BCUT2D eigenvalue weighted by Crippen LogP contribution is -2.55. The van der Waals surface area contributed by atoms with Crippen LogP contribution in [0.1, 0.15) is 33.1 Å². The predicted octanol–water partition coefficient (Wildman–Crippen LogP) is 1.39. The van der Waals surface area contributed by atoms with E-state index in [9.17, 15) is 4.79 Å². The Morgan fingerprint density at radius 1 is 1.53 bits per heavy atom. The third-order valence-electron chi connectivity index (χ3n) is 3.45. The first-order chi connectivity index (χ1) is 7.17. The van der Waals surface area contributed by atoms with Crippen molar-refractivity contribution >= 4 is 17.7 Å². The highest BCUT2D eigenvalue weighted by molar-refractivity contribution is 8.00. The molecule has 88 valence electrons. The maximum Gasteiger partial charge on any atom is 0.237 e. The molecular weight excluding hydrogens is 208 g/mol. The normalized spacial score (nSPS) is 20.9. The second kappa shape index (κ2) is 5.75. The van der Waals surface area contributed by atoms with Gasteiger partial charge in [0.05, 0.1) is 6.04 Å². The summed E-state index contributed by atoms with van der Waals surface area (Å²) in [6.07, 6.45) is 5.31. The van der Waals surface area contributed by atoms with Crippen LogP contribution >= 0.6 is 11.8 Å². The molecule has 1 aliphatic heterocycles. The third kappa shape index (κ3) is 3.11. The molecule has 1 rings (SSSR count). The maximum atomic E-state index is 11.6.